The zero-order valence-electron chi connectivity index (χ0n) is 12.0. The Labute approximate surface area is 123 Å². The van der Waals surface area contributed by atoms with E-state index in [9.17, 15) is 9.90 Å². The molecule has 1 aliphatic rings. The molecule has 6 nitrogen and oxygen atoms in total. The second kappa shape index (κ2) is 5.71. The molecule has 1 aliphatic carbocycles. The molecule has 2 aromatic heterocycles. The molecule has 3 rings (SSSR count). The third kappa shape index (κ3) is 2.70. The van der Waals surface area contributed by atoms with Gasteiger partial charge in [-0.2, -0.15) is 5.10 Å². The number of aliphatic carboxylic acids is 1. The summed E-state index contributed by atoms with van der Waals surface area (Å²) in [5.41, 5.74) is 0.192. The number of rotatable bonds is 4. The van der Waals surface area contributed by atoms with E-state index in [0.29, 0.717) is 12.4 Å². The Morgan fingerprint density at radius 2 is 2.05 bits per heavy atom. The zero-order chi connectivity index (χ0) is 14.7. The van der Waals surface area contributed by atoms with Crippen LogP contribution in [0, 0.1) is 5.41 Å². The molecule has 0 radical (unpaired) electrons. The first-order chi connectivity index (χ1) is 10.2. The van der Waals surface area contributed by atoms with Gasteiger partial charge in [0, 0.05) is 18.9 Å². The number of carbonyl (C=O) groups is 1. The average Bonchev–Trinajstić information content (AvgIpc) is 2.83. The van der Waals surface area contributed by atoms with Crippen LogP contribution < -0.4 is 5.32 Å². The van der Waals surface area contributed by atoms with Crippen molar-refractivity contribution in [3.8, 4) is 0 Å². The van der Waals surface area contributed by atoms with Crippen LogP contribution in [0.2, 0.25) is 0 Å². The van der Waals surface area contributed by atoms with Crippen molar-refractivity contribution in [2.75, 3.05) is 11.9 Å². The van der Waals surface area contributed by atoms with Crippen LogP contribution in [-0.4, -0.2) is 32.2 Å². The summed E-state index contributed by atoms with van der Waals surface area (Å²) in [6.45, 7) is 0.417. The molecule has 1 fully saturated rings. The van der Waals surface area contributed by atoms with Gasteiger partial charge in [-0.25, -0.2) is 9.50 Å². The van der Waals surface area contributed by atoms with Gasteiger partial charge in [-0.05, 0) is 18.9 Å². The molecule has 0 aliphatic heterocycles. The monoisotopic (exact) mass is 288 g/mol. The molecule has 112 valence electrons. The number of anilines is 1. The predicted octanol–water partition coefficient (Wildman–Crippen LogP) is 2.57. The van der Waals surface area contributed by atoms with Crippen molar-refractivity contribution in [2.45, 2.75) is 38.5 Å². The van der Waals surface area contributed by atoms with E-state index in [2.05, 4.69) is 15.4 Å². The normalized spacial score (nSPS) is 18.3. The van der Waals surface area contributed by atoms with Crippen LogP contribution in [0.4, 0.5) is 5.82 Å². The molecule has 21 heavy (non-hydrogen) atoms. The van der Waals surface area contributed by atoms with Crippen molar-refractivity contribution in [1.82, 2.24) is 14.6 Å². The fourth-order valence-electron chi connectivity index (χ4n) is 3.12. The van der Waals surface area contributed by atoms with Gasteiger partial charge in [-0.1, -0.05) is 25.7 Å². The molecule has 1 saturated carbocycles. The van der Waals surface area contributed by atoms with E-state index in [-0.39, 0.29) is 0 Å². The smallest absolute Gasteiger partial charge is 0.311 e. The number of nitrogens with zero attached hydrogens (tertiary/aromatic N) is 3. The standard InChI is InChI=1S/C15H20N4O2/c20-14(21)15(6-3-1-2-4-7-15)11-17-13-12-5-8-18-19(12)10-9-16-13/h5,8-10H,1-4,6-7,11H2,(H,16,17)(H,20,21). The number of carboxylic acid groups (broad SMARTS) is 1. The number of hydrogen-bond donors (Lipinski definition) is 2. The van der Waals surface area contributed by atoms with Gasteiger partial charge in [0.1, 0.15) is 5.52 Å². The summed E-state index contributed by atoms with van der Waals surface area (Å²) in [6, 6.07) is 1.87. The molecule has 0 saturated heterocycles. The van der Waals surface area contributed by atoms with Crippen LogP contribution in [-0.2, 0) is 4.79 Å². The maximum absolute atomic E-state index is 11.8. The average molecular weight is 288 g/mol. The Hall–Kier alpha value is -2.11. The van der Waals surface area contributed by atoms with Gasteiger partial charge in [-0.15, -0.1) is 0 Å². The van der Waals surface area contributed by atoms with Crippen LogP contribution in [0.5, 0.6) is 0 Å². The summed E-state index contributed by atoms with van der Waals surface area (Å²) in [6.07, 6.45) is 10.9. The van der Waals surface area contributed by atoms with E-state index in [1.165, 1.54) is 0 Å². The predicted molar refractivity (Wildman–Crippen MR) is 79.2 cm³/mol. The molecule has 0 aromatic carbocycles. The second-order valence-electron chi connectivity index (χ2n) is 5.79. The van der Waals surface area contributed by atoms with E-state index in [4.69, 9.17) is 0 Å². The SMILES string of the molecule is O=C(O)C1(CNc2nccn3nccc23)CCCCCC1. The van der Waals surface area contributed by atoms with E-state index in [1.807, 2.05) is 6.07 Å². The molecule has 0 atom stereocenters. The van der Waals surface area contributed by atoms with Gasteiger partial charge in [0.05, 0.1) is 11.6 Å². The van der Waals surface area contributed by atoms with Crippen LogP contribution in [0.1, 0.15) is 38.5 Å². The number of aromatic nitrogens is 3. The molecule has 0 spiro atoms. The Morgan fingerprint density at radius 3 is 2.76 bits per heavy atom. The first-order valence-corrected chi connectivity index (χ1v) is 7.47. The molecule has 2 heterocycles. The van der Waals surface area contributed by atoms with Crippen LogP contribution in [0.3, 0.4) is 0 Å². The minimum atomic E-state index is -0.697. The molecule has 0 bridgehead atoms. The summed E-state index contributed by atoms with van der Waals surface area (Å²) in [4.78, 5) is 16.1. The Kier molecular flexibility index (Phi) is 3.77. The lowest BCUT2D eigenvalue weighted by Crippen LogP contribution is -2.37. The summed E-state index contributed by atoms with van der Waals surface area (Å²) in [7, 11) is 0. The summed E-state index contributed by atoms with van der Waals surface area (Å²) < 4.78 is 1.73. The number of nitrogens with one attached hydrogen (secondary N) is 1. The van der Waals surface area contributed by atoms with Crippen molar-refractivity contribution < 1.29 is 9.90 Å². The lowest BCUT2D eigenvalue weighted by atomic mass is 9.80. The topological polar surface area (TPSA) is 79.5 Å². The molecular formula is C15H20N4O2. The van der Waals surface area contributed by atoms with Crippen LogP contribution >= 0.6 is 0 Å². The Bertz CT molecular complexity index is 629. The van der Waals surface area contributed by atoms with Crippen molar-refractivity contribution in [3.63, 3.8) is 0 Å². The molecule has 6 heteroatoms. The molecule has 2 aromatic rings. The Balaban J connectivity index is 1.80. The first-order valence-electron chi connectivity index (χ1n) is 7.47. The first kappa shape index (κ1) is 13.9. The molecule has 0 amide bonds. The number of carboxylic acids is 1. The highest BCUT2D eigenvalue weighted by atomic mass is 16.4. The maximum atomic E-state index is 11.8. The van der Waals surface area contributed by atoms with Gasteiger partial charge in [-0.3, -0.25) is 4.79 Å². The summed E-state index contributed by atoms with van der Waals surface area (Å²) in [5.74, 6) is -0.00256. The number of hydrogen-bond acceptors (Lipinski definition) is 4. The van der Waals surface area contributed by atoms with E-state index >= 15 is 0 Å². The largest absolute Gasteiger partial charge is 0.481 e. The third-order valence-electron chi connectivity index (χ3n) is 4.43. The third-order valence-corrected chi connectivity index (χ3v) is 4.43. The van der Waals surface area contributed by atoms with Crippen LogP contribution in [0.15, 0.2) is 24.7 Å². The second-order valence-corrected chi connectivity index (χ2v) is 5.79. The van der Waals surface area contributed by atoms with Crippen molar-refractivity contribution in [3.05, 3.63) is 24.7 Å². The number of fused-ring (bicyclic) bond motifs is 1. The zero-order valence-corrected chi connectivity index (χ0v) is 12.0. The fourth-order valence-corrected chi connectivity index (χ4v) is 3.12. The molecule has 2 N–H and O–H groups in total. The van der Waals surface area contributed by atoms with Gasteiger partial charge < -0.3 is 10.4 Å². The fraction of sp³-hybridized carbons (Fsp3) is 0.533. The van der Waals surface area contributed by atoms with Crippen LogP contribution in [0.25, 0.3) is 5.52 Å². The molecule has 0 unspecified atom stereocenters. The highest BCUT2D eigenvalue weighted by Crippen LogP contribution is 2.35. The highest BCUT2D eigenvalue weighted by Gasteiger charge is 2.38. The van der Waals surface area contributed by atoms with Crippen molar-refractivity contribution >= 4 is 17.3 Å². The lowest BCUT2D eigenvalue weighted by Gasteiger charge is -2.28. The van der Waals surface area contributed by atoms with Gasteiger partial charge in [0.2, 0.25) is 0 Å². The quantitative estimate of drug-likeness (QED) is 0.845. The van der Waals surface area contributed by atoms with Crippen molar-refractivity contribution in [2.24, 2.45) is 5.41 Å². The van der Waals surface area contributed by atoms with Gasteiger partial charge in [0.15, 0.2) is 5.82 Å². The van der Waals surface area contributed by atoms with E-state index in [1.54, 1.807) is 23.1 Å². The molecular weight excluding hydrogens is 268 g/mol. The Morgan fingerprint density at radius 1 is 1.29 bits per heavy atom. The summed E-state index contributed by atoms with van der Waals surface area (Å²) in [5, 5.41) is 17.1. The maximum Gasteiger partial charge on any atom is 0.311 e. The van der Waals surface area contributed by atoms with Gasteiger partial charge >= 0.3 is 5.97 Å². The summed E-state index contributed by atoms with van der Waals surface area (Å²) >= 11 is 0. The van der Waals surface area contributed by atoms with Crippen molar-refractivity contribution in [1.29, 1.82) is 0 Å². The minimum absolute atomic E-state index is 0.417. The lowest BCUT2D eigenvalue weighted by molar-refractivity contribution is -0.149. The van der Waals surface area contributed by atoms with E-state index in [0.717, 1.165) is 44.0 Å². The highest BCUT2D eigenvalue weighted by molar-refractivity contribution is 5.76. The van der Waals surface area contributed by atoms with E-state index < -0.39 is 11.4 Å². The minimum Gasteiger partial charge on any atom is -0.481 e. The van der Waals surface area contributed by atoms with Gasteiger partial charge in [0.25, 0.3) is 0 Å².